The molecule has 0 spiro atoms. The number of hydrogen-bond donors (Lipinski definition) is 2. The van der Waals surface area contributed by atoms with E-state index < -0.39 is 11.5 Å². The van der Waals surface area contributed by atoms with Gasteiger partial charge in [0.15, 0.2) is 0 Å². The Morgan fingerprint density at radius 1 is 0.851 bits per heavy atom. The molecule has 2 amide bonds. The van der Waals surface area contributed by atoms with E-state index in [0.717, 1.165) is 29.3 Å². The van der Waals surface area contributed by atoms with Crippen LogP contribution >= 0.6 is 11.8 Å². The van der Waals surface area contributed by atoms with Crippen molar-refractivity contribution in [3.8, 4) is 0 Å². The molecule has 9 nitrogen and oxygen atoms in total. The van der Waals surface area contributed by atoms with E-state index in [9.17, 15) is 19.2 Å². The highest BCUT2D eigenvalue weighted by Crippen LogP contribution is 2.39. The van der Waals surface area contributed by atoms with Gasteiger partial charge in [-0.25, -0.2) is 4.79 Å². The van der Waals surface area contributed by atoms with Crippen LogP contribution in [0.2, 0.25) is 0 Å². The monoisotopic (exact) mass is 646 g/mol. The van der Waals surface area contributed by atoms with Crippen LogP contribution in [0.15, 0.2) is 111 Å². The summed E-state index contributed by atoms with van der Waals surface area (Å²) in [6.45, 7) is 2.45. The fraction of sp³-hybridized carbons (Fsp3) is 0.243. The summed E-state index contributed by atoms with van der Waals surface area (Å²) in [6.07, 6.45) is 0.975. The molecule has 0 saturated carbocycles. The Hall–Kier alpha value is -5.09. The van der Waals surface area contributed by atoms with Crippen molar-refractivity contribution in [2.45, 2.75) is 24.6 Å². The topological polar surface area (TPSA) is 114 Å². The summed E-state index contributed by atoms with van der Waals surface area (Å²) in [5, 5.41) is 6.56. The summed E-state index contributed by atoms with van der Waals surface area (Å²) < 4.78 is 7.30. The minimum Gasteiger partial charge on any atom is -0.422 e. The first-order chi connectivity index (χ1) is 22.9. The summed E-state index contributed by atoms with van der Waals surface area (Å²) in [6, 6.07) is 29.5. The first kappa shape index (κ1) is 30.6. The van der Waals surface area contributed by atoms with Crippen LogP contribution in [0.1, 0.15) is 44.3 Å². The number of nitrogens with one attached hydrogen (secondary N) is 2. The number of anilines is 2. The Kier molecular flexibility index (Phi) is 8.67. The number of aromatic nitrogens is 1. The number of carbonyl (C=O) groups excluding carboxylic acids is 2. The molecule has 2 atom stereocenters. The third-order valence-electron chi connectivity index (χ3n) is 8.86. The lowest BCUT2D eigenvalue weighted by molar-refractivity contribution is 0.0954. The first-order valence-electron chi connectivity index (χ1n) is 15.8. The van der Waals surface area contributed by atoms with Gasteiger partial charge in [0, 0.05) is 66.3 Å². The van der Waals surface area contributed by atoms with Crippen LogP contribution in [-0.2, 0) is 12.3 Å². The number of benzene rings is 3. The fourth-order valence-electron chi connectivity index (χ4n) is 6.66. The van der Waals surface area contributed by atoms with Gasteiger partial charge in [-0.05, 0) is 54.3 Å². The summed E-state index contributed by atoms with van der Waals surface area (Å²) in [5.74, 6) is 1.14. The quantitative estimate of drug-likeness (QED) is 0.161. The van der Waals surface area contributed by atoms with Crippen LogP contribution < -0.4 is 26.7 Å². The molecular weight excluding hydrogens is 612 g/mol. The minimum atomic E-state index is -0.737. The Morgan fingerprint density at radius 3 is 2.55 bits per heavy atom. The Labute approximate surface area is 275 Å². The fourth-order valence-corrected chi connectivity index (χ4v) is 7.48. The van der Waals surface area contributed by atoms with Crippen molar-refractivity contribution in [2.24, 2.45) is 5.92 Å². The highest BCUT2D eigenvalue weighted by atomic mass is 32.2. The van der Waals surface area contributed by atoms with Crippen molar-refractivity contribution in [1.82, 2.24) is 9.88 Å². The Balaban J connectivity index is 1.13. The van der Waals surface area contributed by atoms with Crippen LogP contribution in [0.25, 0.3) is 11.0 Å². The van der Waals surface area contributed by atoms with E-state index in [1.807, 2.05) is 47.0 Å². The molecule has 47 heavy (non-hydrogen) atoms. The third kappa shape index (κ3) is 6.59. The van der Waals surface area contributed by atoms with Crippen LogP contribution in [0, 0.1) is 5.92 Å². The summed E-state index contributed by atoms with van der Waals surface area (Å²) in [4.78, 5) is 54.5. The molecule has 1 fully saturated rings. The van der Waals surface area contributed by atoms with Gasteiger partial charge in [0.1, 0.15) is 11.1 Å². The highest BCUT2D eigenvalue weighted by Gasteiger charge is 2.35. The number of para-hydroxylation sites is 1. The second-order valence-corrected chi connectivity index (χ2v) is 13.2. The first-order valence-corrected chi connectivity index (χ1v) is 16.9. The molecule has 238 valence electrons. The maximum atomic E-state index is 13.6. The molecule has 0 radical (unpaired) electrons. The van der Waals surface area contributed by atoms with Crippen LogP contribution in [-0.4, -0.2) is 41.8 Å². The molecule has 5 aromatic rings. The minimum absolute atomic E-state index is 0.0154. The van der Waals surface area contributed by atoms with Gasteiger partial charge in [0.25, 0.3) is 17.4 Å². The molecule has 3 aromatic carbocycles. The molecule has 2 aliphatic heterocycles. The summed E-state index contributed by atoms with van der Waals surface area (Å²) in [7, 11) is 0. The zero-order valence-corrected chi connectivity index (χ0v) is 26.5. The van der Waals surface area contributed by atoms with Gasteiger partial charge in [0.2, 0.25) is 0 Å². The number of piperidine rings is 1. The molecule has 0 aliphatic carbocycles. The van der Waals surface area contributed by atoms with Gasteiger partial charge in [-0.1, -0.05) is 54.6 Å². The maximum absolute atomic E-state index is 13.6. The number of hydrogen-bond acceptors (Lipinski definition) is 7. The van der Waals surface area contributed by atoms with Crippen molar-refractivity contribution in [2.75, 3.05) is 35.6 Å². The number of fused-ring (bicyclic) bond motifs is 5. The average molecular weight is 647 g/mol. The van der Waals surface area contributed by atoms with Gasteiger partial charge in [-0.15, -0.1) is 0 Å². The van der Waals surface area contributed by atoms with E-state index in [4.69, 9.17) is 4.42 Å². The highest BCUT2D eigenvalue weighted by molar-refractivity contribution is 7.98. The van der Waals surface area contributed by atoms with Gasteiger partial charge < -0.3 is 24.5 Å². The van der Waals surface area contributed by atoms with Gasteiger partial charge in [0.05, 0.1) is 11.4 Å². The van der Waals surface area contributed by atoms with E-state index in [-0.39, 0.29) is 28.9 Å². The second-order valence-electron chi connectivity index (χ2n) is 12.1. The van der Waals surface area contributed by atoms with E-state index in [1.165, 1.54) is 11.6 Å². The number of nitrogens with zero attached hydrogens (tertiary/aromatic N) is 2. The van der Waals surface area contributed by atoms with Crippen LogP contribution in [0.4, 0.5) is 11.4 Å². The summed E-state index contributed by atoms with van der Waals surface area (Å²) >= 11 is 1.74. The Bertz CT molecular complexity index is 2080. The Morgan fingerprint density at radius 2 is 1.68 bits per heavy atom. The van der Waals surface area contributed by atoms with Crippen LogP contribution in [0.5, 0.6) is 0 Å². The van der Waals surface area contributed by atoms with Crippen molar-refractivity contribution < 1.29 is 14.0 Å². The number of carbonyl (C=O) groups is 2. The lowest BCUT2D eigenvalue weighted by atomic mass is 9.83. The number of thioether (sulfide) groups is 1. The number of pyridine rings is 1. The van der Waals surface area contributed by atoms with E-state index >= 15 is 0 Å². The van der Waals surface area contributed by atoms with Crippen molar-refractivity contribution in [3.63, 3.8) is 0 Å². The molecule has 2 aliphatic rings. The van der Waals surface area contributed by atoms with Crippen molar-refractivity contribution >= 4 is 45.9 Å². The summed E-state index contributed by atoms with van der Waals surface area (Å²) in [5.41, 5.74) is 3.38. The SMILES string of the molecule is O=C(NCCSCc1ccccc1)c1ccc(N2C[C@H]3C[C@@H](C2)c2cccc(=O)n2C3)c(NC(=O)c2cc3ccccc3oc2=O)c1. The number of rotatable bonds is 9. The third-order valence-corrected chi connectivity index (χ3v) is 9.89. The van der Waals surface area contributed by atoms with Gasteiger partial charge >= 0.3 is 5.63 Å². The predicted octanol–water partition coefficient (Wildman–Crippen LogP) is 5.49. The molecule has 2 bridgehead atoms. The molecule has 1 saturated heterocycles. The zero-order valence-electron chi connectivity index (χ0n) is 25.7. The van der Waals surface area contributed by atoms with E-state index in [1.54, 1.807) is 48.2 Å². The average Bonchev–Trinajstić information content (AvgIpc) is 3.08. The molecule has 4 heterocycles. The second kappa shape index (κ2) is 13.3. The smallest absolute Gasteiger partial charge is 0.349 e. The molecule has 2 aromatic heterocycles. The van der Waals surface area contributed by atoms with E-state index in [2.05, 4.69) is 27.7 Å². The van der Waals surface area contributed by atoms with Crippen molar-refractivity contribution in [3.05, 3.63) is 140 Å². The molecule has 10 heteroatoms. The lowest BCUT2D eigenvalue weighted by Gasteiger charge is -2.44. The standard InChI is InChI=1S/C37H34N4O5S/c42-34-12-6-10-31-28-17-25(21-41(31)34)20-40(22-28)32-14-13-27(35(43)38-15-16-47-23-24-7-2-1-3-8-24)19-30(32)39-36(44)29-18-26-9-4-5-11-33(26)46-37(29)45/h1-14,18-19,25,28H,15-17,20-23H2,(H,38,43)(H,39,44)/t25-,28+/m1/s1. The van der Waals surface area contributed by atoms with Crippen LogP contribution in [0.3, 0.4) is 0 Å². The maximum Gasteiger partial charge on any atom is 0.349 e. The van der Waals surface area contributed by atoms with Gasteiger partial charge in [-0.2, -0.15) is 11.8 Å². The lowest BCUT2D eigenvalue weighted by Crippen LogP contribution is -2.47. The number of amides is 2. The molecule has 2 N–H and O–H groups in total. The zero-order chi connectivity index (χ0) is 32.3. The van der Waals surface area contributed by atoms with E-state index in [0.29, 0.717) is 48.4 Å². The largest absolute Gasteiger partial charge is 0.422 e. The normalized spacial score (nSPS) is 16.8. The molecular formula is C37H34N4O5S. The predicted molar refractivity (Wildman–Crippen MR) is 186 cm³/mol. The molecule has 7 rings (SSSR count). The molecule has 0 unspecified atom stereocenters. The van der Waals surface area contributed by atoms with Gasteiger partial charge in [-0.3, -0.25) is 14.4 Å². The van der Waals surface area contributed by atoms with Crippen molar-refractivity contribution in [1.29, 1.82) is 0 Å².